The van der Waals surface area contributed by atoms with Gasteiger partial charge in [0.05, 0.1) is 15.6 Å². The Kier molecular flexibility index (Phi) is 6.66. The van der Waals surface area contributed by atoms with Gasteiger partial charge in [-0.2, -0.15) is 0 Å². The maximum atomic E-state index is 11.9. The van der Waals surface area contributed by atoms with E-state index in [0.717, 1.165) is 38.6 Å². The van der Waals surface area contributed by atoms with Crippen molar-refractivity contribution in [3.05, 3.63) is 63.6 Å². The van der Waals surface area contributed by atoms with Crippen LogP contribution in [0.15, 0.2) is 48.5 Å². The lowest BCUT2D eigenvalue weighted by Gasteiger charge is -2.20. The van der Waals surface area contributed by atoms with E-state index >= 15 is 0 Å². The Hall–Kier alpha value is -2.60. The minimum Gasteiger partial charge on any atom is -0.444 e. The van der Waals surface area contributed by atoms with Crippen molar-refractivity contribution >= 4 is 68.4 Å². The number of halogens is 3. The first-order valence-electron chi connectivity index (χ1n) is 10.5. The fourth-order valence-electron chi connectivity index (χ4n) is 3.71. The first-order valence-corrected chi connectivity index (χ1v) is 11.7. The summed E-state index contributed by atoms with van der Waals surface area (Å²) < 4.78 is 5.29. The molecule has 0 atom stereocenters. The number of carbonyl (C=O) groups is 1. The van der Waals surface area contributed by atoms with Crippen LogP contribution in [0.2, 0.25) is 15.1 Å². The molecule has 0 aliphatic carbocycles. The Bertz CT molecular complexity index is 1340. The summed E-state index contributed by atoms with van der Waals surface area (Å²) in [5.74, 6) is 0. The second-order valence-electron chi connectivity index (χ2n) is 8.71. The standard InChI is InChI=1S/C25H24Cl3N3O2/c1-25(2,3)33-24(32)30-11-10-29-21-9-6-16-17-13-15(26)5-8-20(17)31-23(16)22(21)14-4-7-18(27)19(28)12-14/h4-9,12-13,29,31H,10-11H2,1-3H3,(H,30,32). The third-order valence-corrected chi connectivity index (χ3v) is 6.03. The molecule has 1 amide bonds. The fraction of sp³-hybridized carbons (Fsp3) is 0.240. The van der Waals surface area contributed by atoms with Gasteiger partial charge in [-0.15, -0.1) is 0 Å². The molecule has 3 N–H and O–H groups in total. The average Bonchev–Trinajstić information content (AvgIpc) is 3.09. The van der Waals surface area contributed by atoms with Crippen molar-refractivity contribution in [2.24, 2.45) is 0 Å². The number of H-pyrrole nitrogens is 1. The molecule has 0 radical (unpaired) electrons. The summed E-state index contributed by atoms with van der Waals surface area (Å²) in [7, 11) is 0. The minimum absolute atomic E-state index is 0.399. The first kappa shape index (κ1) is 23.6. The van der Waals surface area contributed by atoms with Crippen molar-refractivity contribution in [3.63, 3.8) is 0 Å². The number of nitrogens with one attached hydrogen (secondary N) is 3. The number of hydrogen-bond acceptors (Lipinski definition) is 3. The number of aromatic amines is 1. The van der Waals surface area contributed by atoms with Gasteiger partial charge in [-0.25, -0.2) is 4.79 Å². The largest absolute Gasteiger partial charge is 0.444 e. The number of aromatic nitrogens is 1. The summed E-state index contributed by atoms with van der Waals surface area (Å²) >= 11 is 18.8. The maximum Gasteiger partial charge on any atom is 0.407 e. The number of anilines is 1. The van der Waals surface area contributed by atoms with Gasteiger partial charge in [-0.3, -0.25) is 0 Å². The SMILES string of the molecule is CC(C)(C)OC(=O)NCCNc1ccc2c([nH]c3ccc(Cl)cc32)c1-c1ccc(Cl)c(Cl)c1. The second-order valence-corrected chi connectivity index (χ2v) is 9.96. The molecule has 33 heavy (non-hydrogen) atoms. The zero-order chi connectivity index (χ0) is 23.8. The van der Waals surface area contributed by atoms with E-state index in [9.17, 15) is 4.79 Å². The smallest absolute Gasteiger partial charge is 0.407 e. The van der Waals surface area contributed by atoms with E-state index in [2.05, 4.69) is 21.7 Å². The molecule has 4 rings (SSSR count). The molecule has 172 valence electrons. The highest BCUT2D eigenvalue weighted by Gasteiger charge is 2.17. The van der Waals surface area contributed by atoms with E-state index in [-0.39, 0.29) is 0 Å². The summed E-state index contributed by atoms with van der Waals surface area (Å²) in [6.07, 6.45) is -0.447. The van der Waals surface area contributed by atoms with Crippen molar-refractivity contribution in [3.8, 4) is 11.1 Å². The van der Waals surface area contributed by atoms with Gasteiger partial charge >= 0.3 is 6.09 Å². The topological polar surface area (TPSA) is 66.2 Å². The molecule has 0 saturated heterocycles. The van der Waals surface area contributed by atoms with Crippen LogP contribution in [-0.4, -0.2) is 29.8 Å². The van der Waals surface area contributed by atoms with E-state index < -0.39 is 11.7 Å². The van der Waals surface area contributed by atoms with E-state index in [1.807, 2.05) is 57.2 Å². The molecule has 0 bridgehead atoms. The van der Waals surface area contributed by atoms with Gasteiger partial charge in [0.25, 0.3) is 0 Å². The number of fused-ring (bicyclic) bond motifs is 3. The van der Waals surface area contributed by atoms with E-state index in [1.54, 1.807) is 6.07 Å². The second kappa shape index (κ2) is 9.34. The van der Waals surface area contributed by atoms with Gasteiger partial charge in [0.1, 0.15) is 5.60 Å². The monoisotopic (exact) mass is 503 g/mol. The van der Waals surface area contributed by atoms with Gasteiger partial charge in [0, 0.05) is 45.7 Å². The molecule has 0 spiro atoms. The minimum atomic E-state index is -0.540. The van der Waals surface area contributed by atoms with Crippen LogP contribution in [-0.2, 0) is 4.74 Å². The molecule has 8 heteroatoms. The summed E-state index contributed by atoms with van der Waals surface area (Å²) in [6.45, 7) is 6.40. The van der Waals surface area contributed by atoms with Gasteiger partial charge < -0.3 is 20.4 Å². The third kappa shape index (κ3) is 5.32. The highest BCUT2D eigenvalue weighted by molar-refractivity contribution is 6.42. The highest BCUT2D eigenvalue weighted by Crippen LogP contribution is 2.40. The molecule has 0 unspecified atom stereocenters. The maximum absolute atomic E-state index is 11.9. The number of benzene rings is 3. The number of rotatable bonds is 5. The molecule has 4 aromatic rings. The van der Waals surface area contributed by atoms with Crippen molar-refractivity contribution in [2.75, 3.05) is 18.4 Å². The third-order valence-electron chi connectivity index (χ3n) is 5.05. The molecular formula is C25H24Cl3N3O2. The van der Waals surface area contributed by atoms with Gasteiger partial charge in [0.15, 0.2) is 0 Å². The molecule has 0 aliphatic heterocycles. The normalized spacial score (nSPS) is 11.7. The van der Waals surface area contributed by atoms with Crippen LogP contribution < -0.4 is 10.6 Å². The number of amides is 1. The molecule has 1 aromatic heterocycles. The van der Waals surface area contributed by atoms with Gasteiger partial charge in [0.2, 0.25) is 0 Å². The number of ether oxygens (including phenoxy) is 1. The van der Waals surface area contributed by atoms with E-state index in [4.69, 9.17) is 39.5 Å². The molecule has 0 saturated carbocycles. The van der Waals surface area contributed by atoms with Crippen LogP contribution in [0.3, 0.4) is 0 Å². The van der Waals surface area contributed by atoms with E-state index in [0.29, 0.717) is 28.2 Å². The average molecular weight is 505 g/mol. The molecule has 0 aliphatic rings. The zero-order valence-corrected chi connectivity index (χ0v) is 20.8. The number of hydrogen-bond donors (Lipinski definition) is 3. The van der Waals surface area contributed by atoms with Crippen LogP contribution in [0, 0.1) is 0 Å². The molecule has 1 heterocycles. The van der Waals surface area contributed by atoms with Gasteiger partial charge in [-0.1, -0.05) is 46.9 Å². The predicted octanol–water partition coefficient (Wildman–Crippen LogP) is 7.88. The Balaban J connectivity index is 1.69. The number of carbonyl (C=O) groups excluding carboxylic acids is 1. The van der Waals surface area contributed by atoms with Crippen LogP contribution in [0.5, 0.6) is 0 Å². The Labute approximate surface area is 207 Å². The first-order chi connectivity index (χ1) is 15.6. The summed E-state index contributed by atoms with van der Waals surface area (Å²) in [5, 5.41) is 9.91. The summed E-state index contributed by atoms with van der Waals surface area (Å²) in [4.78, 5) is 15.4. The Morgan fingerprint density at radius 2 is 1.73 bits per heavy atom. The lowest BCUT2D eigenvalue weighted by molar-refractivity contribution is 0.0530. The van der Waals surface area contributed by atoms with Gasteiger partial charge in [-0.05, 0) is 62.7 Å². The lowest BCUT2D eigenvalue weighted by atomic mass is 9.99. The van der Waals surface area contributed by atoms with Crippen LogP contribution in [0.1, 0.15) is 20.8 Å². The predicted molar refractivity (Wildman–Crippen MR) is 139 cm³/mol. The van der Waals surface area contributed by atoms with Crippen molar-refractivity contribution in [1.82, 2.24) is 10.3 Å². The summed E-state index contributed by atoms with van der Waals surface area (Å²) in [6, 6.07) is 15.4. The van der Waals surface area contributed by atoms with Crippen LogP contribution in [0.4, 0.5) is 10.5 Å². The van der Waals surface area contributed by atoms with Crippen molar-refractivity contribution in [2.45, 2.75) is 26.4 Å². The van der Waals surface area contributed by atoms with Crippen molar-refractivity contribution < 1.29 is 9.53 Å². The molecular weight excluding hydrogens is 481 g/mol. The summed E-state index contributed by atoms with van der Waals surface area (Å²) in [5.41, 5.74) is 4.16. The number of alkyl carbamates (subject to hydrolysis) is 1. The Morgan fingerprint density at radius 1 is 0.939 bits per heavy atom. The lowest BCUT2D eigenvalue weighted by Crippen LogP contribution is -2.35. The van der Waals surface area contributed by atoms with E-state index in [1.165, 1.54) is 0 Å². The molecule has 3 aromatic carbocycles. The zero-order valence-electron chi connectivity index (χ0n) is 18.5. The van der Waals surface area contributed by atoms with Crippen LogP contribution in [0.25, 0.3) is 32.9 Å². The van der Waals surface area contributed by atoms with Crippen LogP contribution >= 0.6 is 34.8 Å². The molecule has 0 fully saturated rings. The van der Waals surface area contributed by atoms with Crippen molar-refractivity contribution in [1.29, 1.82) is 0 Å². The quantitative estimate of drug-likeness (QED) is 0.242. The highest BCUT2D eigenvalue weighted by atomic mass is 35.5. The Morgan fingerprint density at radius 3 is 2.45 bits per heavy atom. The molecule has 5 nitrogen and oxygen atoms in total. The fourth-order valence-corrected chi connectivity index (χ4v) is 4.18.